The Bertz CT molecular complexity index is 868. The molecule has 0 aromatic heterocycles. The first-order valence-electron chi connectivity index (χ1n) is 8.61. The highest BCUT2D eigenvalue weighted by molar-refractivity contribution is 9.13. The number of carbonyl (C=O) groups is 3. The topological polar surface area (TPSA) is 87.2 Å². The highest BCUT2D eigenvalue weighted by Gasteiger charge is 2.37. The molecule has 1 N–H and O–H groups in total. The molecule has 2 saturated heterocycles. The lowest BCUT2D eigenvalue weighted by atomic mass is 10.1. The van der Waals surface area contributed by atoms with Gasteiger partial charge in [0.05, 0.1) is 12.0 Å². The minimum atomic E-state index is -0.550. The summed E-state index contributed by atoms with van der Waals surface area (Å²) in [6, 6.07) is 1.58. The number of thioether (sulfide) groups is 1. The number of amides is 3. The van der Waals surface area contributed by atoms with Gasteiger partial charge in [-0.3, -0.25) is 19.3 Å². The number of aromatic hydroxyl groups is 1. The predicted octanol–water partition coefficient (Wildman–Crippen LogP) is 3.97. The molecule has 0 unspecified atom stereocenters. The van der Waals surface area contributed by atoms with Gasteiger partial charge in [-0.1, -0.05) is 0 Å². The van der Waals surface area contributed by atoms with Crippen molar-refractivity contribution in [2.75, 3.05) is 26.7 Å². The van der Waals surface area contributed by atoms with E-state index in [2.05, 4.69) is 31.9 Å². The molecule has 2 heterocycles. The van der Waals surface area contributed by atoms with Gasteiger partial charge in [-0.25, -0.2) is 0 Å². The summed E-state index contributed by atoms with van der Waals surface area (Å²) in [6.07, 6.45) is 4.38. The Labute approximate surface area is 183 Å². The van der Waals surface area contributed by atoms with Crippen molar-refractivity contribution in [1.29, 1.82) is 0 Å². The lowest BCUT2D eigenvalue weighted by Crippen LogP contribution is -2.44. The number of imide groups is 1. The Morgan fingerprint density at radius 3 is 2.61 bits per heavy atom. The van der Waals surface area contributed by atoms with Gasteiger partial charge in [0.1, 0.15) is 6.54 Å². The van der Waals surface area contributed by atoms with Crippen LogP contribution in [0.3, 0.4) is 0 Å². The van der Waals surface area contributed by atoms with E-state index in [4.69, 9.17) is 4.74 Å². The fraction of sp³-hybridized carbons (Fsp3) is 0.389. The summed E-state index contributed by atoms with van der Waals surface area (Å²) >= 11 is 7.45. The standard InChI is InChI=1S/C18H18Br2N2O5S/c1-27-12-8-11(19)15(20)10(16(12)24)7-13-17(25)22(18(26)28-13)9-14(23)21-5-3-2-4-6-21/h7-8,24H,2-6,9H2,1H3/b13-7-. The second-order valence-corrected chi connectivity index (χ2v) is 8.99. The molecule has 0 bridgehead atoms. The van der Waals surface area contributed by atoms with Gasteiger partial charge in [0, 0.05) is 27.6 Å². The van der Waals surface area contributed by atoms with E-state index in [0.29, 0.717) is 27.6 Å². The van der Waals surface area contributed by atoms with Gasteiger partial charge >= 0.3 is 0 Å². The van der Waals surface area contributed by atoms with E-state index in [9.17, 15) is 19.5 Å². The van der Waals surface area contributed by atoms with Crippen LogP contribution < -0.4 is 4.74 Å². The Hall–Kier alpha value is -1.52. The molecular weight excluding hydrogens is 516 g/mol. The lowest BCUT2D eigenvalue weighted by molar-refractivity contribution is -0.136. The zero-order valence-electron chi connectivity index (χ0n) is 15.0. The molecule has 1 aromatic carbocycles. The summed E-state index contributed by atoms with van der Waals surface area (Å²) in [4.78, 5) is 40.2. The van der Waals surface area contributed by atoms with E-state index in [1.54, 1.807) is 11.0 Å². The molecule has 28 heavy (non-hydrogen) atoms. The van der Waals surface area contributed by atoms with Crippen molar-refractivity contribution in [3.63, 3.8) is 0 Å². The maximum Gasteiger partial charge on any atom is 0.294 e. The van der Waals surface area contributed by atoms with E-state index >= 15 is 0 Å². The Morgan fingerprint density at radius 1 is 1.29 bits per heavy atom. The molecule has 0 saturated carbocycles. The monoisotopic (exact) mass is 532 g/mol. The van der Waals surface area contributed by atoms with Crippen LogP contribution in [0.1, 0.15) is 24.8 Å². The van der Waals surface area contributed by atoms with Crippen molar-refractivity contribution < 1.29 is 24.2 Å². The summed E-state index contributed by atoms with van der Waals surface area (Å²) in [6.45, 7) is 1.05. The number of hydrogen-bond acceptors (Lipinski definition) is 6. The highest BCUT2D eigenvalue weighted by Crippen LogP contribution is 2.43. The maximum atomic E-state index is 12.7. The van der Waals surface area contributed by atoms with Crippen molar-refractivity contribution in [2.24, 2.45) is 0 Å². The molecule has 3 amide bonds. The quantitative estimate of drug-likeness (QED) is 0.589. The number of rotatable bonds is 4. The number of phenols is 1. The molecule has 2 aliphatic rings. The molecule has 150 valence electrons. The third-order valence-corrected chi connectivity index (χ3v) is 7.48. The van der Waals surface area contributed by atoms with Crippen molar-refractivity contribution in [3.8, 4) is 11.5 Å². The molecule has 0 spiro atoms. The number of nitrogens with zero attached hydrogens (tertiary/aromatic N) is 2. The van der Waals surface area contributed by atoms with Gasteiger partial charge in [-0.2, -0.15) is 0 Å². The number of ether oxygens (including phenoxy) is 1. The van der Waals surface area contributed by atoms with Crippen LogP contribution in [0.15, 0.2) is 19.9 Å². The molecule has 7 nitrogen and oxygen atoms in total. The third kappa shape index (κ3) is 4.23. The number of phenolic OH excluding ortho intramolecular Hbond substituents is 1. The number of benzene rings is 1. The van der Waals surface area contributed by atoms with E-state index < -0.39 is 11.1 Å². The molecule has 0 aliphatic carbocycles. The highest BCUT2D eigenvalue weighted by atomic mass is 79.9. The third-order valence-electron chi connectivity index (χ3n) is 4.56. The number of methoxy groups -OCH3 is 1. The number of hydrogen-bond donors (Lipinski definition) is 1. The van der Waals surface area contributed by atoms with Gasteiger partial charge in [0.25, 0.3) is 11.1 Å². The normalized spacial score (nSPS) is 18.9. The van der Waals surface area contributed by atoms with E-state index in [-0.39, 0.29) is 28.9 Å². The average Bonchev–Trinajstić information content (AvgIpc) is 2.96. The number of piperidine rings is 1. The van der Waals surface area contributed by atoms with Gasteiger partial charge < -0.3 is 14.7 Å². The summed E-state index contributed by atoms with van der Waals surface area (Å²) in [5, 5.41) is 9.89. The van der Waals surface area contributed by atoms with Crippen molar-refractivity contribution in [1.82, 2.24) is 9.80 Å². The summed E-state index contributed by atoms with van der Waals surface area (Å²) in [5.41, 5.74) is 0.305. The number of likely N-dealkylation sites (tertiary alicyclic amines) is 1. The van der Waals surface area contributed by atoms with E-state index in [0.717, 1.165) is 35.9 Å². The zero-order valence-corrected chi connectivity index (χ0v) is 19.0. The molecule has 2 fully saturated rings. The van der Waals surface area contributed by atoms with E-state index in [1.807, 2.05) is 0 Å². The Morgan fingerprint density at radius 2 is 1.96 bits per heavy atom. The first-order valence-corrected chi connectivity index (χ1v) is 11.0. The van der Waals surface area contributed by atoms with Gasteiger partial charge in [-0.05, 0) is 75.0 Å². The van der Waals surface area contributed by atoms with Crippen molar-refractivity contribution in [3.05, 3.63) is 25.5 Å². The van der Waals surface area contributed by atoms with Crippen molar-refractivity contribution in [2.45, 2.75) is 19.3 Å². The predicted molar refractivity (Wildman–Crippen MR) is 113 cm³/mol. The molecular formula is C18H18Br2N2O5S. The Kier molecular flexibility index (Phi) is 6.72. The second-order valence-electron chi connectivity index (χ2n) is 6.35. The minimum Gasteiger partial charge on any atom is -0.504 e. The molecule has 3 rings (SSSR count). The SMILES string of the molecule is COc1cc(Br)c(Br)c(/C=C2\SC(=O)N(CC(=O)N3CCCCC3)C2=O)c1O. The minimum absolute atomic E-state index is 0.132. The number of halogens is 2. The Balaban J connectivity index is 1.84. The lowest BCUT2D eigenvalue weighted by Gasteiger charge is -2.27. The first-order chi connectivity index (χ1) is 13.3. The smallest absolute Gasteiger partial charge is 0.294 e. The van der Waals surface area contributed by atoms with Gasteiger partial charge in [0.2, 0.25) is 5.91 Å². The summed E-state index contributed by atoms with van der Waals surface area (Å²) in [7, 11) is 1.42. The van der Waals surface area contributed by atoms with Crippen LogP contribution in [0.2, 0.25) is 0 Å². The molecule has 2 aliphatic heterocycles. The molecule has 0 atom stereocenters. The van der Waals surface area contributed by atoms with Gasteiger partial charge in [-0.15, -0.1) is 0 Å². The van der Waals surface area contributed by atoms with Gasteiger partial charge in [0.15, 0.2) is 11.5 Å². The van der Waals surface area contributed by atoms with Crippen LogP contribution in [-0.2, 0) is 9.59 Å². The van der Waals surface area contributed by atoms with Crippen LogP contribution >= 0.6 is 43.6 Å². The fourth-order valence-electron chi connectivity index (χ4n) is 3.05. The molecule has 1 aromatic rings. The second kappa shape index (κ2) is 8.87. The molecule has 10 heteroatoms. The summed E-state index contributed by atoms with van der Waals surface area (Å²) in [5.74, 6) is -0.711. The van der Waals surface area contributed by atoms with Crippen LogP contribution in [0.4, 0.5) is 4.79 Å². The van der Waals surface area contributed by atoms with Crippen LogP contribution in [0, 0.1) is 0 Å². The summed E-state index contributed by atoms with van der Waals surface area (Å²) < 4.78 is 6.26. The zero-order chi connectivity index (χ0) is 20.4. The number of carbonyl (C=O) groups excluding carboxylic acids is 3. The maximum absolute atomic E-state index is 12.7. The molecule has 0 radical (unpaired) electrons. The largest absolute Gasteiger partial charge is 0.504 e. The fourth-order valence-corrected chi connectivity index (χ4v) is 4.70. The van der Waals surface area contributed by atoms with Crippen LogP contribution in [0.25, 0.3) is 6.08 Å². The van der Waals surface area contributed by atoms with Crippen LogP contribution in [-0.4, -0.2) is 58.7 Å². The van der Waals surface area contributed by atoms with E-state index in [1.165, 1.54) is 13.2 Å². The van der Waals surface area contributed by atoms with Crippen LogP contribution in [0.5, 0.6) is 11.5 Å². The van der Waals surface area contributed by atoms with Crippen molar-refractivity contribution >= 4 is 66.8 Å². The average molecular weight is 534 g/mol. The first kappa shape index (κ1) is 21.2.